The molecule has 0 aliphatic carbocycles. The Bertz CT molecular complexity index is 388. The highest BCUT2D eigenvalue weighted by Gasteiger charge is 2.10. The van der Waals surface area contributed by atoms with Gasteiger partial charge in [-0.25, -0.2) is 9.59 Å². The van der Waals surface area contributed by atoms with Gasteiger partial charge in [-0.15, -0.1) is 0 Å². The van der Waals surface area contributed by atoms with Crippen LogP contribution in [0.4, 0.5) is 0 Å². The van der Waals surface area contributed by atoms with Crippen molar-refractivity contribution >= 4 is 17.8 Å². The summed E-state index contributed by atoms with van der Waals surface area (Å²) in [5.41, 5.74) is 4.78. The second-order valence-electron chi connectivity index (χ2n) is 3.47. The number of amides is 1. The number of ether oxygens (including phenoxy) is 2. The van der Waals surface area contributed by atoms with Gasteiger partial charge >= 0.3 is 11.9 Å². The van der Waals surface area contributed by atoms with Gasteiger partial charge in [0.15, 0.2) is 0 Å². The summed E-state index contributed by atoms with van der Waals surface area (Å²) in [6.45, 7) is 10.6. The van der Waals surface area contributed by atoms with Crippen LogP contribution in [0.3, 0.4) is 0 Å². The maximum atomic E-state index is 10.9. The lowest BCUT2D eigenvalue weighted by atomic mass is 10.3. The van der Waals surface area contributed by atoms with Gasteiger partial charge in [-0.1, -0.05) is 19.7 Å². The number of hydrogen-bond acceptors (Lipinski definition) is 6. The van der Waals surface area contributed by atoms with E-state index in [1.807, 2.05) is 0 Å². The monoisotopic (exact) mass is 285 g/mol. The number of aliphatic hydroxyl groups excluding tert-OH is 1. The molecule has 20 heavy (non-hydrogen) atoms. The third-order valence-corrected chi connectivity index (χ3v) is 1.54. The van der Waals surface area contributed by atoms with Gasteiger partial charge < -0.3 is 20.3 Å². The first-order chi connectivity index (χ1) is 9.24. The molecule has 7 heteroatoms. The van der Waals surface area contributed by atoms with Gasteiger partial charge in [0.1, 0.15) is 19.3 Å². The fourth-order valence-corrected chi connectivity index (χ4v) is 0.580. The summed E-state index contributed by atoms with van der Waals surface area (Å²) in [5.74, 6) is -1.71. The molecule has 0 rings (SSSR count). The van der Waals surface area contributed by atoms with Gasteiger partial charge in [0.25, 0.3) is 0 Å². The molecule has 0 aromatic carbocycles. The number of aliphatic hydroxyl groups is 1. The van der Waals surface area contributed by atoms with Crippen molar-refractivity contribution in [2.24, 2.45) is 5.73 Å². The Morgan fingerprint density at radius 3 is 2.00 bits per heavy atom. The fourth-order valence-electron chi connectivity index (χ4n) is 0.580. The van der Waals surface area contributed by atoms with Crippen molar-refractivity contribution in [2.75, 3.05) is 13.2 Å². The summed E-state index contributed by atoms with van der Waals surface area (Å²) in [6.07, 6.45) is 0.990. The van der Waals surface area contributed by atoms with E-state index >= 15 is 0 Å². The Morgan fingerprint density at radius 2 is 1.65 bits per heavy atom. The molecule has 0 spiro atoms. The predicted octanol–water partition coefficient (Wildman–Crippen LogP) is -0.146. The summed E-state index contributed by atoms with van der Waals surface area (Å²) >= 11 is 0. The number of esters is 2. The number of carbonyl (C=O) groups excluding carboxylic acids is 3. The molecule has 0 aromatic rings. The summed E-state index contributed by atoms with van der Waals surface area (Å²) < 4.78 is 9.15. The number of nitrogens with two attached hydrogens (primary N) is 1. The lowest BCUT2D eigenvalue weighted by Crippen LogP contribution is -2.25. The first-order valence-corrected chi connectivity index (χ1v) is 5.46. The van der Waals surface area contributed by atoms with Crippen molar-refractivity contribution in [3.63, 3.8) is 0 Å². The molecule has 0 fully saturated rings. The van der Waals surface area contributed by atoms with E-state index in [-0.39, 0.29) is 18.8 Å². The molecule has 7 nitrogen and oxygen atoms in total. The van der Waals surface area contributed by atoms with Gasteiger partial charge in [-0.2, -0.15) is 0 Å². The third-order valence-electron chi connectivity index (χ3n) is 1.54. The second kappa shape index (κ2) is 11.7. The number of carbonyl (C=O) groups is 3. The van der Waals surface area contributed by atoms with Gasteiger partial charge in [0, 0.05) is 11.6 Å². The molecule has 1 amide bonds. The first-order valence-electron chi connectivity index (χ1n) is 5.46. The van der Waals surface area contributed by atoms with Crippen LogP contribution in [0.5, 0.6) is 0 Å². The van der Waals surface area contributed by atoms with E-state index in [0.29, 0.717) is 0 Å². The normalized spacial score (nSPS) is 10.1. The summed E-state index contributed by atoms with van der Waals surface area (Å²) in [5, 5.41) is 9.21. The topological polar surface area (TPSA) is 116 Å². The molecule has 0 aliphatic rings. The minimum atomic E-state index is -1.04. The van der Waals surface area contributed by atoms with Crippen LogP contribution in [-0.2, 0) is 23.9 Å². The first kappa shape index (κ1) is 19.9. The Balaban J connectivity index is 0. The maximum Gasteiger partial charge on any atom is 0.333 e. The zero-order chi connectivity index (χ0) is 16.1. The van der Waals surface area contributed by atoms with Gasteiger partial charge in [0.05, 0.1) is 0 Å². The van der Waals surface area contributed by atoms with Crippen LogP contribution in [-0.4, -0.2) is 42.3 Å². The van der Waals surface area contributed by atoms with E-state index in [2.05, 4.69) is 34.9 Å². The maximum absolute atomic E-state index is 10.9. The van der Waals surface area contributed by atoms with Crippen molar-refractivity contribution < 1.29 is 29.0 Å². The molecule has 0 bridgehead atoms. The summed E-state index contributed by atoms with van der Waals surface area (Å²) in [7, 11) is 0. The van der Waals surface area contributed by atoms with Gasteiger partial charge in [-0.05, 0) is 13.0 Å². The van der Waals surface area contributed by atoms with Gasteiger partial charge in [-0.3, -0.25) is 4.79 Å². The Morgan fingerprint density at radius 1 is 1.20 bits per heavy atom. The lowest BCUT2D eigenvalue weighted by Gasteiger charge is -2.10. The largest absolute Gasteiger partial charge is 0.460 e. The van der Waals surface area contributed by atoms with Crippen LogP contribution in [0.25, 0.3) is 0 Å². The zero-order valence-electron chi connectivity index (χ0n) is 11.3. The van der Waals surface area contributed by atoms with Crippen LogP contribution in [0.1, 0.15) is 6.92 Å². The molecule has 0 saturated heterocycles. The fraction of sp³-hybridized carbons (Fsp3) is 0.308. The second-order valence-corrected chi connectivity index (χ2v) is 3.47. The van der Waals surface area contributed by atoms with E-state index in [4.69, 9.17) is 0 Å². The van der Waals surface area contributed by atoms with Crippen LogP contribution in [0, 0.1) is 0 Å². The highest BCUT2D eigenvalue weighted by Crippen LogP contribution is 1.95. The highest BCUT2D eigenvalue weighted by atomic mass is 16.6. The molecule has 0 radical (unpaired) electrons. The Labute approximate surface area is 117 Å². The van der Waals surface area contributed by atoms with Crippen LogP contribution in [0.15, 0.2) is 37.5 Å². The minimum absolute atomic E-state index is 0.240. The standard InChI is InChI=1S/C10H14O5.C3H5NO/c1-4-9(12)14-5-8(11)6-15-10(13)7(2)3;1-2-3(4)5/h4,8,11H,1-2,5-6H2,3H3;2H,1H2,(H2,4,5). The van der Waals surface area contributed by atoms with Crippen molar-refractivity contribution in [3.05, 3.63) is 37.5 Å². The Hall–Kier alpha value is -2.41. The number of primary amides is 1. The average molecular weight is 285 g/mol. The Kier molecular flexibility index (Phi) is 11.6. The van der Waals surface area contributed by atoms with Crippen molar-refractivity contribution in [3.8, 4) is 0 Å². The van der Waals surface area contributed by atoms with Crippen LogP contribution in [0.2, 0.25) is 0 Å². The molecular weight excluding hydrogens is 266 g/mol. The zero-order valence-corrected chi connectivity index (χ0v) is 11.3. The van der Waals surface area contributed by atoms with E-state index in [1.54, 1.807) is 0 Å². The lowest BCUT2D eigenvalue weighted by molar-refractivity contribution is -0.146. The van der Waals surface area contributed by atoms with Crippen molar-refractivity contribution in [1.82, 2.24) is 0 Å². The SMILES string of the molecule is C=CC(=O)OCC(O)COC(=O)C(=C)C.C=CC(N)=O. The van der Waals surface area contributed by atoms with E-state index < -0.39 is 23.9 Å². The molecule has 3 N–H and O–H groups in total. The van der Waals surface area contributed by atoms with E-state index in [1.165, 1.54) is 6.92 Å². The smallest absolute Gasteiger partial charge is 0.333 e. The highest BCUT2D eigenvalue weighted by molar-refractivity contribution is 5.87. The minimum Gasteiger partial charge on any atom is -0.460 e. The molecule has 1 atom stereocenters. The quantitative estimate of drug-likeness (QED) is 0.496. The van der Waals surface area contributed by atoms with Crippen molar-refractivity contribution in [1.29, 1.82) is 0 Å². The molecule has 0 aliphatic heterocycles. The van der Waals surface area contributed by atoms with E-state index in [9.17, 15) is 19.5 Å². The van der Waals surface area contributed by atoms with Crippen LogP contribution >= 0.6 is 0 Å². The summed E-state index contributed by atoms with van der Waals surface area (Å²) in [4.78, 5) is 30.9. The molecule has 112 valence electrons. The molecule has 0 heterocycles. The predicted molar refractivity (Wildman–Crippen MR) is 72.3 cm³/mol. The summed E-state index contributed by atoms with van der Waals surface area (Å²) in [6, 6.07) is 0. The molecule has 1 unspecified atom stereocenters. The van der Waals surface area contributed by atoms with Crippen LogP contribution < -0.4 is 5.73 Å². The molecule has 0 aromatic heterocycles. The van der Waals surface area contributed by atoms with Gasteiger partial charge in [0.2, 0.25) is 5.91 Å². The molecule has 0 saturated carbocycles. The molecular formula is C13H19NO6. The number of rotatable bonds is 7. The third kappa shape index (κ3) is 13.7. The number of hydrogen-bond donors (Lipinski definition) is 2. The van der Waals surface area contributed by atoms with Crippen molar-refractivity contribution in [2.45, 2.75) is 13.0 Å². The van der Waals surface area contributed by atoms with E-state index in [0.717, 1.165) is 12.2 Å². The average Bonchev–Trinajstić information content (AvgIpc) is 2.42.